The normalized spacial score (nSPS) is 24.9. The van der Waals surface area contributed by atoms with Crippen molar-refractivity contribution in [3.8, 4) is 0 Å². The van der Waals surface area contributed by atoms with Crippen LogP contribution in [0.3, 0.4) is 0 Å². The smallest absolute Gasteiger partial charge is 0.186 e. The average Bonchev–Trinajstić information content (AvgIpc) is 3.40. The van der Waals surface area contributed by atoms with Crippen molar-refractivity contribution in [1.29, 1.82) is 0 Å². The fourth-order valence-electron chi connectivity index (χ4n) is 4.47. The van der Waals surface area contributed by atoms with Crippen LogP contribution in [0.15, 0.2) is 48.4 Å². The molecule has 29 heavy (non-hydrogen) atoms. The molecule has 1 aliphatic heterocycles. The number of hydrogen-bond donors (Lipinski definition) is 0. The fourth-order valence-corrected chi connectivity index (χ4v) is 4.47. The fraction of sp³-hybridized carbons (Fsp3) is 0.560. The summed E-state index contributed by atoms with van der Waals surface area (Å²) in [6.45, 7) is 13.6. The van der Waals surface area contributed by atoms with E-state index in [0.717, 1.165) is 50.1 Å². The second-order valence-electron chi connectivity index (χ2n) is 9.54. The van der Waals surface area contributed by atoms with Crippen LogP contribution < -0.4 is 0 Å². The topological polar surface area (TPSA) is 29.3 Å². The molecule has 1 aliphatic carbocycles. The molecule has 158 valence electrons. The Morgan fingerprint density at radius 1 is 1.28 bits per heavy atom. The third-order valence-corrected chi connectivity index (χ3v) is 6.13. The molecule has 0 bridgehead atoms. The van der Waals surface area contributed by atoms with E-state index in [-0.39, 0.29) is 22.7 Å². The number of carbonyl (C=O) groups is 1. The Balaban J connectivity index is 1.57. The SMILES string of the molecule is C=C(CC(=O)c1ccc(F)cc1)C1CCC[C@]2(CC1)CN2/C(=C/C)OC(C)(C)C. The molecule has 2 atom stereocenters. The predicted octanol–water partition coefficient (Wildman–Crippen LogP) is 6.27. The summed E-state index contributed by atoms with van der Waals surface area (Å²) in [5.41, 5.74) is 1.58. The van der Waals surface area contributed by atoms with Gasteiger partial charge >= 0.3 is 0 Å². The molecule has 2 fully saturated rings. The molecule has 1 heterocycles. The molecular weight excluding hydrogens is 365 g/mol. The van der Waals surface area contributed by atoms with Crippen molar-refractivity contribution in [2.75, 3.05) is 6.54 Å². The summed E-state index contributed by atoms with van der Waals surface area (Å²) in [5.74, 6) is 1.07. The second kappa shape index (κ2) is 8.33. The van der Waals surface area contributed by atoms with Gasteiger partial charge in [0.25, 0.3) is 0 Å². The van der Waals surface area contributed by atoms with Crippen molar-refractivity contribution in [3.63, 3.8) is 0 Å². The molecule has 1 aromatic rings. The summed E-state index contributed by atoms with van der Waals surface area (Å²) < 4.78 is 19.2. The lowest BCUT2D eigenvalue weighted by molar-refractivity contribution is 0.0185. The molecule has 0 N–H and O–H groups in total. The van der Waals surface area contributed by atoms with Gasteiger partial charge < -0.3 is 9.64 Å². The van der Waals surface area contributed by atoms with Crippen LogP contribution in [0, 0.1) is 11.7 Å². The van der Waals surface area contributed by atoms with E-state index in [9.17, 15) is 9.18 Å². The van der Waals surface area contributed by atoms with Crippen LogP contribution in [0.2, 0.25) is 0 Å². The van der Waals surface area contributed by atoms with E-state index in [1.165, 1.54) is 12.1 Å². The Morgan fingerprint density at radius 2 is 1.97 bits per heavy atom. The van der Waals surface area contributed by atoms with Crippen LogP contribution >= 0.6 is 0 Å². The van der Waals surface area contributed by atoms with Crippen LogP contribution in [0.1, 0.15) is 76.6 Å². The quantitative estimate of drug-likeness (QED) is 0.244. The molecule has 0 aromatic heterocycles. The minimum atomic E-state index is -0.320. The molecule has 3 nitrogen and oxygen atoms in total. The van der Waals surface area contributed by atoms with Gasteiger partial charge in [-0.05, 0) is 89.6 Å². The maximum atomic E-state index is 13.1. The van der Waals surface area contributed by atoms with Crippen molar-refractivity contribution in [2.24, 2.45) is 5.92 Å². The van der Waals surface area contributed by atoms with Gasteiger partial charge in [0.1, 0.15) is 11.4 Å². The Labute approximate surface area is 174 Å². The van der Waals surface area contributed by atoms with E-state index in [1.807, 2.05) is 6.92 Å². The molecule has 1 saturated carbocycles. The lowest BCUT2D eigenvalue weighted by Crippen LogP contribution is -2.25. The van der Waals surface area contributed by atoms with Crippen molar-refractivity contribution < 1.29 is 13.9 Å². The maximum Gasteiger partial charge on any atom is 0.186 e. The Morgan fingerprint density at radius 3 is 2.59 bits per heavy atom. The first-order valence-corrected chi connectivity index (χ1v) is 10.7. The zero-order chi connectivity index (χ0) is 21.2. The van der Waals surface area contributed by atoms with Crippen molar-refractivity contribution in [2.45, 2.75) is 77.4 Å². The van der Waals surface area contributed by atoms with Gasteiger partial charge in [-0.1, -0.05) is 18.6 Å². The summed E-state index contributed by atoms with van der Waals surface area (Å²) in [6.07, 6.45) is 7.95. The summed E-state index contributed by atoms with van der Waals surface area (Å²) >= 11 is 0. The van der Waals surface area contributed by atoms with E-state index < -0.39 is 0 Å². The van der Waals surface area contributed by atoms with E-state index >= 15 is 0 Å². The third kappa shape index (κ3) is 5.29. The molecule has 4 heteroatoms. The summed E-state index contributed by atoms with van der Waals surface area (Å²) in [5, 5.41) is 0. The summed E-state index contributed by atoms with van der Waals surface area (Å²) in [7, 11) is 0. The molecule has 3 rings (SSSR count). The van der Waals surface area contributed by atoms with Crippen molar-refractivity contribution in [3.05, 3.63) is 59.8 Å². The first-order valence-electron chi connectivity index (χ1n) is 10.7. The monoisotopic (exact) mass is 399 g/mol. The van der Waals surface area contributed by atoms with Gasteiger partial charge in [0.2, 0.25) is 0 Å². The first kappa shape index (κ1) is 21.6. The largest absolute Gasteiger partial charge is 0.474 e. The van der Waals surface area contributed by atoms with E-state index in [2.05, 4.69) is 38.3 Å². The molecule has 1 spiro atoms. The molecule has 1 saturated heterocycles. The zero-order valence-corrected chi connectivity index (χ0v) is 18.3. The highest BCUT2D eigenvalue weighted by Gasteiger charge is 2.54. The number of nitrogens with zero attached hydrogens (tertiary/aromatic N) is 1. The lowest BCUT2D eigenvalue weighted by Gasteiger charge is -2.26. The minimum Gasteiger partial charge on any atom is -0.474 e. The number of Topliss-reactive ketones (excluding diaryl/α,β-unsaturated/α-hetero) is 1. The number of halogens is 1. The average molecular weight is 400 g/mol. The standard InChI is InChI=1S/C25H34FNO2/c1-6-23(29-24(3,4)5)27-17-25(27)14-7-8-19(13-15-25)18(2)16-22(28)20-9-11-21(26)12-10-20/h6,9-12,19H,2,7-8,13-17H2,1,3-5H3/b23-6-/t19?,25-,27?/m0/s1. The Kier molecular flexibility index (Phi) is 6.21. The number of carbonyl (C=O) groups excluding carboxylic acids is 1. The summed E-state index contributed by atoms with van der Waals surface area (Å²) in [6, 6.07) is 5.79. The van der Waals surface area contributed by atoms with E-state index in [1.54, 1.807) is 12.1 Å². The number of ketones is 1. The van der Waals surface area contributed by atoms with Gasteiger partial charge in [0.15, 0.2) is 11.7 Å². The second-order valence-corrected chi connectivity index (χ2v) is 9.54. The number of benzene rings is 1. The predicted molar refractivity (Wildman–Crippen MR) is 115 cm³/mol. The lowest BCUT2D eigenvalue weighted by atomic mass is 9.88. The highest BCUT2D eigenvalue weighted by Crippen LogP contribution is 2.49. The van der Waals surface area contributed by atoms with Crippen LogP contribution in [0.5, 0.6) is 0 Å². The molecule has 0 radical (unpaired) electrons. The van der Waals surface area contributed by atoms with E-state index in [4.69, 9.17) is 4.74 Å². The van der Waals surface area contributed by atoms with Crippen molar-refractivity contribution in [1.82, 2.24) is 4.90 Å². The molecule has 1 aromatic carbocycles. The maximum absolute atomic E-state index is 13.1. The molecular formula is C25H34FNO2. The third-order valence-electron chi connectivity index (χ3n) is 6.13. The molecule has 2 aliphatic rings. The Bertz CT molecular complexity index is 790. The zero-order valence-electron chi connectivity index (χ0n) is 18.3. The van der Waals surface area contributed by atoms with E-state index in [0.29, 0.717) is 17.9 Å². The van der Waals surface area contributed by atoms with Gasteiger partial charge in [-0.25, -0.2) is 4.39 Å². The minimum absolute atomic E-state index is 0.0248. The summed E-state index contributed by atoms with van der Waals surface area (Å²) in [4.78, 5) is 14.9. The highest BCUT2D eigenvalue weighted by molar-refractivity contribution is 5.97. The van der Waals surface area contributed by atoms with Crippen LogP contribution in [-0.2, 0) is 4.74 Å². The van der Waals surface area contributed by atoms with Crippen LogP contribution in [0.25, 0.3) is 0 Å². The van der Waals surface area contributed by atoms with Gasteiger partial charge in [-0.3, -0.25) is 4.79 Å². The van der Waals surface area contributed by atoms with Gasteiger partial charge in [0.05, 0.1) is 5.54 Å². The number of allylic oxidation sites excluding steroid dienone is 2. The van der Waals surface area contributed by atoms with Crippen molar-refractivity contribution >= 4 is 5.78 Å². The Hall–Kier alpha value is -2.10. The van der Waals surface area contributed by atoms with Gasteiger partial charge in [0, 0.05) is 18.5 Å². The number of hydrogen-bond acceptors (Lipinski definition) is 3. The van der Waals surface area contributed by atoms with Crippen LogP contribution in [0.4, 0.5) is 4.39 Å². The van der Waals surface area contributed by atoms with Gasteiger partial charge in [-0.2, -0.15) is 0 Å². The number of rotatable bonds is 6. The molecule has 1 unspecified atom stereocenters. The van der Waals surface area contributed by atoms with Crippen LogP contribution in [-0.4, -0.2) is 28.4 Å². The first-order chi connectivity index (χ1) is 13.6. The molecule has 0 amide bonds. The number of ether oxygens (including phenoxy) is 1. The van der Waals surface area contributed by atoms with Gasteiger partial charge in [-0.15, -0.1) is 0 Å². The highest BCUT2D eigenvalue weighted by atomic mass is 19.1.